The molecule has 64 heavy (non-hydrogen) atoms. The summed E-state index contributed by atoms with van der Waals surface area (Å²) in [7, 11) is 0. The van der Waals surface area contributed by atoms with Crippen molar-refractivity contribution in [3.05, 3.63) is 217 Å². The Kier molecular flexibility index (Phi) is 8.76. The summed E-state index contributed by atoms with van der Waals surface area (Å²) >= 11 is 0. The van der Waals surface area contributed by atoms with Crippen LogP contribution in [0.15, 0.2) is 210 Å². The summed E-state index contributed by atoms with van der Waals surface area (Å²) in [5.41, 5.74) is 13.2. The van der Waals surface area contributed by atoms with Gasteiger partial charge >= 0.3 is 0 Å². The zero-order valence-electron chi connectivity index (χ0n) is 34.9. The van der Waals surface area contributed by atoms with Crippen LogP contribution in [0.1, 0.15) is 12.7 Å². The highest BCUT2D eigenvalue weighted by Gasteiger charge is 2.21. The lowest BCUT2D eigenvalue weighted by molar-refractivity contribution is 0.574. The molecule has 0 aliphatic heterocycles. The molecule has 0 spiro atoms. The number of benzene rings is 8. The van der Waals surface area contributed by atoms with Crippen LogP contribution in [0, 0.1) is 0 Å². The highest BCUT2D eigenvalue weighted by molar-refractivity contribution is 6.16. The lowest BCUT2D eigenvalue weighted by Gasteiger charge is -2.10. The second-order valence-electron chi connectivity index (χ2n) is 15.9. The van der Waals surface area contributed by atoms with Gasteiger partial charge in [-0.2, -0.15) is 0 Å². The third-order valence-electron chi connectivity index (χ3n) is 12.2. The lowest BCUT2D eigenvalue weighted by Crippen LogP contribution is -2.24. The van der Waals surface area contributed by atoms with Crippen molar-refractivity contribution in [2.45, 2.75) is 6.92 Å². The van der Waals surface area contributed by atoms with Crippen LogP contribution in [0.2, 0.25) is 0 Å². The van der Waals surface area contributed by atoms with Crippen molar-refractivity contribution < 1.29 is 8.83 Å². The number of hydrogen-bond acceptors (Lipinski definition) is 5. The Morgan fingerprint density at radius 3 is 1.88 bits per heavy atom. The molecule has 6 heteroatoms. The van der Waals surface area contributed by atoms with Crippen LogP contribution >= 0.6 is 0 Å². The number of nitrogens with zero attached hydrogens (tertiary/aromatic N) is 4. The molecule has 6 nitrogen and oxygen atoms in total. The van der Waals surface area contributed by atoms with Gasteiger partial charge in [0.05, 0.1) is 11.0 Å². The molecule has 0 bridgehead atoms. The Hall–Kier alpha value is -8.61. The Balaban J connectivity index is 1.09. The van der Waals surface area contributed by atoms with Crippen molar-refractivity contribution in [3.8, 4) is 50.7 Å². The van der Waals surface area contributed by atoms with E-state index in [9.17, 15) is 0 Å². The van der Waals surface area contributed by atoms with Crippen molar-refractivity contribution in [2.24, 2.45) is 0 Å². The standard InChI is InChI=1S/C58H38N4O2/c1-3-41(53-47-34-38(29-33-52(47)63-50(53)4-2)42-30-31-43(36-18-8-5-9-19-36)55-54(42)45-25-15-17-27-51(45)64-55)58-60-56(37-20-10-6-11-21-37)59-57(61-58)39-28-32-49-46(35-39)44-24-14-16-26-48(44)62(49)40-22-12-7-13-23-40/h3-35H,1H2,2H3/b50-4+,53-41+. The first-order valence-electron chi connectivity index (χ1n) is 21.4. The van der Waals surface area contributed by atoms with E-state index in [1.54, 1.807) is 0 Å². The normalized spacial score (nSPS) is 12.5. The molecule has 0 aliphatic rings. The minimum atomic E-state index is 0.497. The molecule has 12 aromatic rings. The topological polar surface area (TPSA) is 69.9 Å². The number of para-hydroxylation sites is 3. The molecule has 0 saturated carbocycles. The van der Waals surface area contributed by atoms with E-state index in [0.29, 0.717) is 22.9 Å². The number of rotatable bonds is 7. The SMILES string of the molecule is C=C/C(c1nc(-c2ccccc2)nc(-c2ccc3c(c2)c2ccccc2n3-c2ccccc2)n1)=c1\c(=C/C)oc2ccc(-c3ccc(-c4ccccc4)c4oc5ccccc5c34)cc12. The second-order valence-corrected chi connectivity index (χ2v) is 15.9. The lowest BCUT2D eigenvalue weighted by atomic mass is 9.94. The van der Waals surface area contributed by atoms with E-state index in [-0.39, 0.29) is 0 Å². The minimum Gasteiger partial charge on any atom is -0.456 e. The highest BCUT2D eigenvalue weighted by atomic mass is 16.3. The summed E-state index contributed by atoms with van der Waals surface area (Å²) in [5, 5.41) is 6.18. The Morgan fingerprint density at radius 2 is 1.11 bits per heavy atom. The monoisotopic (exact) mass is 822 g/mol. The van der Waals surface area contributed by atoms with Crippen molar-refractivity contribution in [3.63, 3.8) is 0 Å². The summed E-state index contributed by atoms with van der Waals surface area (Å²) in [6.07, 6.45) is 3.83. The maximum atomic E-state index is 6.64. The predicted octanol–water partition coefficient (Wildman–Crippen LogP) is 13.5. The molecule has 0 radical (unpaired) electrons. The van der Waals surface area contributed by atoms with Crippen LogP contribution < -0.4 is 10.6 Å². The molecular weight excluding hydrogens is 785 g/mol. The summed E-state index contributed by atoms with van der Waals surface area (Å²) in [4.78, 5) is 15.6. The van der Waals surface area contributed by atoms with E-state index in [4.69, 9.17) is 23.8 Å². The van der Waals surface area contributed by atoms with Crippen LogP contribution in [0.5, 0.6) is 0 Å². The Labute approximate surface area is 368 Å². The number of aromatic nitrogens is 4. The second kappa shape index (κ2) is 15.1. The van der Waals surface area contributed by atoms with Crippen molar-refractivity contribution >= 4 is 66.4 Å². The molecule has 0 saturated heterocycles. The summed E-state index contributed by atoms with van der Waals surface area (Å²) < 4.78 is 15.6. The first-order chi connectivity index (χ1) is 31.6. The van der Waals surface area contributed by atoms with Gasteiger partial charge in [0.25, 0.3) is 0 Å². The first kappa shape index (κ1) is 37.2. The summed E-state index contributed by atoms with van der Waals surface area (Å²) in [5.74, 6) is 1.62. The van der Waals surface area contributed by atoms with E-state index in [1.165, 1.54) is 0 Å². The molecule has 0 unspecified atom stereocenters. The third-order valence-corrected chi connectivity index (χ3v) is 12.2. The zero-order valence-corrected chi connectivity index (χ0v) is 34.9. The molecule has 0 fully saturated rings. The van der Waals surface area contributed by atoms with Gasteiger partial charge in [-0.25, -0.2) is 15.0 Å². The van der Waals surface area contributed by atoms with Gasteiger partial charge in [-0.15, -0.1) is 0 Å². The Bertz CT molecular complexity index is 3920. The first-order valence-corrected chi connectivity index (χ1v) is 21.4. The van der Waals surface area contributed by atoms with E-state index in [2.05, 4.69) is 145 Å². The van der Waals surface area contributed by atoms with Crippen molar-refractivity contribution in [1.29, 1.82) is 0 Å². The van der Waals surface area contributed by atoms with Crippen LogP contribution in [-0.2, 0) is 0 Å². The molecule has 0 N–H and O–H groups in total. The molecule has 0 atom stereocenters. The summed E-state index contributed by atoms with van der Waals surface area (Å²) in [6, 6.07) is 65.0. The van der Waals surface area contributed by atoms with Crippen LogP contribution in [-0.4, -0.2) is 19.5 Å². The molecule has 12 rings (SSSR count). The molecule has 0 amide bonds. The van der Waals surface area contributed by atoms with Gasteiger partial charge in [-0.3, -0.25) is 0 Å². The van der Waals surface area contributed by atoms with E-state index < -0.39 is 0 Å². The number of hydrogen-bond donors (Lipinski definition) is 0. The summed E-state index contributed by atoms with van der Waals surface area (Å²) in [6.45, 7) is 6.35. The van der Waals surface area contributed by atoms with Gasteiger partial charge in [-0.05, 0) is 90.4 Å². The van der Waals surface area contributed by atoms with E-state index >= 15 is 0 Å². The molecular formula is C58H38N4O2. The zero-order chi connectivity index (χ0) is 42.7. The van der Waals surface area contributed by atoms with Crippen LogP contribution in [0.3, 0.4) is 0 Å². The molecule has 0 aliphatic carbocycles. The Morgan fingerprint density at radius 1 is 0.500 bits per heavy atom. The maximum absolute atomic E-state index is 6.64. The van der Waals surface area contributed by atoms with Gasteiger partial charge in [0, 0.05) is 60.1 Å². The minimum absolute atomic E-state index is 0.497. The number of fused-ring (bicyclic) bond motifs is 7. The average molecular weight is 823 g/mol. The number of furan rings is 2. The van der Waals surface area contributed by atoms with E-state index in [0.717, 1.165) is 105 Å². The van der Waals surface area contributed by atoms with Gasteiger partial charge < -0.3 is 13.4 Å². The number of allylic oxidation sites excluding steroid dienone is 1. The highest BCUT2D eigenvalue weighted by Crippen LogP contribution is 2.42. The largest absolute Gasteiger partial charge is 0.456 e. The van der Waals surface area contributed by atoms with Crippen LogP contribution in [0.25, 0.3) is 117 Å². The van der Waals surface area contributed by atoms with Gasteiger partial charge in [-0.1, -0.05) is 140 Å². The molecule has 4 aromatic heterocycles. The van der Waals surface area contributed by atoms with Crippen molar-refractivity contribution in [1.82, 2.24) is 19.5 Å². The quantitative estimate of drug-likeness (QED) is 0.160. The van der Waals surface area contributed by atoms with Gasteiger partial charge in [0.15, 0.2) is 17.5 Å². The fourth-order valence-electron chi connectivity index (χ4n) is 9.29. The molecule has 4 heterocycles. The third kappa shape index (κ3) is 5.99. The predicted molar refractivity (Wildman–Crippen MR) is 261 cm³/mol. The fraction of sp³-hybridized carbons (Fsp3) is 0.0172. The van der Waals surface area contributed by atoms with Gasteiger partial charge in [0.2, 0.25) is 0 Å². The fourth-order valence-corrected chi connectivity index (χ4v) is 9.29. The molecule has 8 aromatic carbocycles. The van der Waals surface area contributed by atoms with Crippen LogP contribution in [0.4, 0.5) is 0 Å². The van der Waals surface area contributed by atoms with E-state index in [1.807, 2.05) is 73.7 Å². The smallest absolute Gasteiger partial charge is 0.164 e. The average Bonchev–Trinajstić information content (AvgIpc) is 4.04. The van der Waals surface area contributed by atoms with Gasteiger partial charge in [0.1, 0.15) is 22.2 Å². The molecule has 302 valence electrons. The van der Waals surface area contributed by atoms with Crippen molar-refractivity contribution in [2.75, 3.05) is 0 Å². The maximum Gasteiger partial charge on any atom is 0.164 e.